The van der Waals surface area contributed by atoms with Gasteiger partial charge in [0, 0.05) is 23.7 Å². The molecule has 32 heavy (non-hydrogen) atoms. The molecule has 1 saturated heterocycles. The molecular weight excluding hydrogens is 424 g/mol. The van der Waals surface area contributed by atoms with Crippen molar-refractivity contribution >= 4 is 39.6 Å². The number of benzene rings is 1. The van der Waals surface area contributed by atoms with Crippen molar-refractivity contribution in [1.82, 2.24) is 19.5 Å². The van der Waals surface area contributed by atoms with E-state index in [1.165, 1.54) is 6.33 Å². The molecule has 0 spiro atoms. The quantitative estimate of drug-likeness (QED) is 0.393. The maximum absolute atomic E-state index is 6.36. The van der Waals surface area contributed by atoms with Crippen LogP contribution in [0.15, 0.2) is 61.2 Å². The third-order valence-electron chi connectivity index (χ3n) is 6.46. The molecule has 2 fully saturated rings. The molecule has 6 nitrogen and oxygen atoms in total. The molecular formula is C25H23ClN4O2. The van der Waals surface area contributed by atoms with Crippen molar-refractivity contribution in [2.24, 2.45) is 5.92 Å². The number of halogens is 1. The Morgan fingerprint density at radius 3 is 2.88 bits per heavy atom. The van der Waals surface area contributed by atoms with Gasteiger partial charge in [0.25, 0.3) is 0 Å². The molecule has 1 aliphatic heterocycles. The Morgan fingerprint density at radius 2 is 1.97 bits per heavy atom. The number of hydrogen-bond donors (Lipinski definition) is 0. The van der Waals surface area contributed by atoms with E-state index in [1.54, 1.807) is 0 Å². The van der Waals surface area contributed by atoms with E-state index in [9.17, 15) is 0 Å². The van der Waals surface area contributed by atoms with Gasteiger partial charge >= 0.3 is 0 Å². The maximum Gasteiger partial charge on any atom is 0.163 e. The van der Waals surface area contributed by atoms with Crippen LogP contribution in [0.3, 0.4) is 0 Å². The fourth-order valence-corrected chi connectivity index (χ4v) is 5.27. The fraction of sp³-hybridized carbons (Fsp3) is 0.320. The minimum atomic E-state index is -0.622. The summed E-state index contributed by atoms with van der Waals surface area (Å²) in [5, 5.41) is 2.46. The Morgan fingerprint density at radius 1 is 1.09 bits per heavy atom. The monoisotopic (exact) mass is 446 g/mol. The van der Waals surface area contributed by atoms with Crippen molar-refractivity contribution in [3.8, 4) is 0 Å². The molecule has 1 saturated carbocycles. The van der Waals surface area contributed by atoms with Crippen LogP contribution in [0.4, 0.5) is 0 Å². The lowest BCUT2D eigenvalue weighted by atomic mass is 10.0. The van der Waals surface area contributed by atoms with Gasteiger partial charge in [0.1, 0.15) is 23.2 Å². The first-order valence-corrected chi connectivity index (χ1v) is 11.2. The Balaban J connectivity index is 1.34. The van der Waals surface area contributed by atoms with Gasteiger partial charge in [-0.2, -0.15) is 0 Å². The standard InChI is InChI=1S/C25H23ClN4O2/c1-25(2)31-21-17(8-6-15-5-7-16-4-3-10-27-19(16)12-15)13-20(22(21)32-25)30-11-9-18-23(26)28-14-29-24(18)30/h3-12,14,17,20-22H,13H2,1-2H3/b8-6+/t17-,20+,21+,22-/m0/s1. The largest absolute Gasteiger partial charge is 0.344 e. The van der Waals surface area contributed by atoms with Gasteiger partial charge in [0.15, 0.2) is 5.79 Å². The van der Waals surface area contributed by atoms with Crippen LogP contribution in [0.1, 0.15) is 31.9 Å². The Bertz CT molecular complexity index is 1350. The summed E-state index contributed by atoms with van der Waals surface area (Å²) in [6.07, 6.45) is 10.6. The Kier molecular flexibility index (Phi) is 4.57. The summed E-state index contributed by atoms with van der Waals surface area (Å²) in [5.74, 6) is -0.413. The van der Waals surface area contributed by atoms with Crippen LogP contribution in [0.5, 0.6) is 0 Å². The average molecular weight is 447 g/mol. The second-order valence-electron chi connectivity index (χ2n) is 8.97. The minimum absolute atomic E-state index is 0.0282. The molecule has 7 heteroatoms. The lowest BCUT2D eigenvalue weighted by Crippen LogP contribution is -2.27. The molecule has 4 atom stereocenters. The van der Waals surface area contributed by atoms with Gasteiger partial charge in [-0.05, 0) is 44.0 Å². The molecule has 3 aromatic heterocycles. The van der Waals surface area contributed by atoms with Gasteiger partial charge in [-0.3, -0.25) is 4.98 Å². The van der Waals surface area contributed by atoms with Gasteiger partial charge < -0.3 is 14.0 Å². The first-order valence-electron chi connectivity index (χ1n) is 10.8. The smallest absolute Gasteiger partial charge is 0.163 e. The van der Waals surface area contributed by atoms with Gasteiger partial charge in [-0.15, -0.1) is 0 Å². The summed E-state index contributed by atoms with van der Waals surface area (Å²) in [6, 6.07) is 12.4. The Labute approximate surface area is 190 Å². The molecule has 4 aromatic rings. The average Bonchev–Trinajstić information content (AvgIpc) is 3.44. The highest BCUT2D eigenvalue weighted by molar-refractivity contribution is 6.33. The number of aromatic nitrogens is 4. The third-order valence-corrected chi connectivity index (χ3v) is 6.76. The summed E-state index contributed by atoms with van der Waals surface area (Å²) in [5.41, 5.74) is 2.95. The van der Waals surface area contributed by atoms with E-state index in [-0.39, 0.29) is 24.2 Å². The Hall–Kier alpha value is -2.80. The topological polar surface area (TPSA) is 62.1 Å². The number of nitrogens with zero attached hydrogens (tertiary/aromatic N) is 4. The zero-order valence-electron chi connectivity index (χ0n) is 17.9. The van der Waals surface area contributed by atoms with E-state index in [0.717, 1.165) is 33.9 Å². The van der Waals surface area contributed by atoms with Crippen molar-refractivity contribution in [2.45, 2.75) is 44.3 Å². The molecule has 162 valence electrons. The molecule has 2 aliphatic rings. The lowest BCUT2D eigenvalue weighted by Gasteiger charge is -2.24. The van der Waals surface area contributed by atoms with Crippen LogP contribution in [-0.2, 0) is 9.47 Å². The highest BCUT2D eigenvalue weighted by Gasteiger charge is 2.54. The van der Waals surface area contributed by atoms with Crippen LogP contribution in [-0.4, -0.2) is 37.5 Å². The number of ether oxygens (including phenoxy) is 2. The molecule has 0 bridgehead atoms. The fourth-order valence-electron chi connectivity index (χ4n) is 5.08. The molecule has 4 heterocycles. The van der Waals surface area contributed by atoms with Crippen molar-refractivity contribution < 1.29 is 9.47 Å². The lowest BCUT2D eigenvalue weighted by molar-refractivity contribution is -0.158. The number of rotatable bonds is 3. The number of fused-ring (bicyclic) bond motifs is 3. The molecule has 1 aliphatic carbocycles. The highest BCUT2D eigenvalue weighted by Crippen LogP contribution is 2.48. The maximum atomic E-state index is 6.36. The van der Waals surface area contributed by atoms with E-state index < -0.39 is 5.79 Å². The SMILES string of the molecule is CC1(C)O[C@@H]2[C@H](O1)[C@@H](/C=C/c1ccc3cccnc3c1)C[C@H]2n1ccc2c(Cl)ncnc21. The molecule has 1 aromatic carbocycles. The third kappa shape index (κ3) is 3.30. The molecule has 0 unspecified atom stereocenters. The summed E-state index contributed by atoms with van der Waals surface area (Å²) in [4.78, 5) is 13.1. The van der Waals surface area contributed by atoms with E-state index in [4.69, 9.17) is 21.1 Å². The summed E-state index contributed by atoms with van der Waals surface area (Å²) < 4.78 is 14.9. The minimum Gasteiger partial charge on any atom is -0.344 e. The zero-order valence-corrected chi connectivity index (χ0v) is 18.6. The second kappa shape index (κ2) is 7.37. The summed E-state index contributed by atoms with van der Waals surface area (Å²) >= 11 is 6.28. The molecule has 6 rings (SSSR count). The first-order chi connectivity index (χ1) is 15.5. The van der Waals surface area contributed by atoms with Crippen LogP contribution in [0.2, 0.25) is 5.15 Å². The molecule has 0 radical (unpaired) electrons. The number of hydrogen-bond acceptors (Lipinski definition) is 5. The van der Waals surface area contributed by atoms with E-state index in [1.807, 2.05) is 38.4 Å². The van der Waals surface area contributed by atoms with Crippen molar-refractivity contribution in [2.75, 3.05) is 0 Å². The molecule has 0 N–H and O–H groups in total. The van der Waals surface area contributed by atoms with Gasteiger partial charge in [0.05, 0.1) is 23.0 Å². The predicted octanol–water partition coefficient (Wildman–Crippen LogP) is 5.43. The summed E-state index contributed by atoms with van der Waals surface area (Å²) in [7, 11) is 0. The predicted molar refractivity (Wildman–Crippen MR) is 124 cm³/mol. The summed E-state index contributed by atoms with van der Waals surface area (Å²) in [6.45, 7) is 3.95. The first kappa shape index (κ1) is 19.9. The number of pyridine rings is 1. The highest BCUT2D eigenvalue weighted by atomic mass is 35.5. The van der Waals surface area contributed by atoms with Crippen molar-refractivity contribution in [3.05, 3.63) is 71.9 Å². The van der Waals surface area contributed by atoms with Gasteiger partial charge in [-0.1, -0.05) is 42.0 Å². The van der Waals surface area contributed by atoms with Crippen LogP contribution < -0.4 is 0 Å². The van der Waals surface area contributed by atoms with E-state index in [2.05, 4.69) is 55.9 Å². The van der Waals surface area contributed by atoms with E-state index >= 15 is 0 Å². The molecule has 0 amide bonds. The second-order valence-corrected chi connectivity index (χ2v) is 9.33. The zero-order chi connectivity index (χ0) is 21.9. The van der Waals surface area contributed by atoms with Crippen LogP contribution >= 0.6 is 11.6 Å². The van der Waals surface area contributed by atoms with E-state index in [0.29, 0.717) is 5.15 Å². The van der Waals surface area contributed by atoms with Crippen LogP contribution in [0.25, 0.3) is 28.0 Å². The van der Waals surface area contributed by atoms with Gasteiger partial charge in [-0.25, -0.2) is 9.97 Å². The van der Waals surface area contributed by atoms with Gasteiger partial charge in [0.2, 0.25) is 0 Å². The van der Waals surface area contributed by atoms with Crippen LogP contribution in [0, 0.1) is 5.92 Å². The van der Waals surface area contributed by atoms with Crippen molar-refractivity contribution in [1.29, 1.82) is 0 Å². The van der Waals surface area contributed by atoms with Crippen molar-refractivity contribution in [3.63, 3.8) is 0 Å². The normalized spacial score (nSPS) is 27.0.